The third-order valence-corrected chi connectivity index (χ3v) is 4.02. The van der Waals surface area contributed by atoms with Crippen molar-refractivity contribution in [3.05, 3.63) is 70.8 Å². The molecule has 0 bridgehead atoms. The summed E-state index contributed by atoms with van der Waals surface area (Å²) in [6.45, 7) is 7.03. The fraction of sp³-hybridized carbons (Fsp3) is 0.318. The van der Waals surface area contributed by atoms with Crippen LogP contribution in [0.5, 0.6) is 5.75 Å². The molecule has 0 aliphatic rings. The summed E-state index contributed by atoms with van der Waals surface area (Å²) >= 11 is 0. The van der Waals surface area contributed by atoms with E-state index < -0.39 is 0 Å². The van der Waals surface area contributed by atoms with Crippen molar-refractivity contribution in [2.75, 3.05) is 6.61 Å². The summed E-state index contributed by atoms with van der Waals surface area (Å²) in [4.78, 5) is 11.3. The van der Waals surface area contributed by atoms with Gasteiger partial charge >= 0.3 is 5.97 Å². The van der Waals surface area contributed by atoms with Gasteiger partial charge in [-0.05, 0) is 61.6 Å². The molecule has 0 atom stereocenters. The summed E-state index contributed by atoms with van der Waals surface area (Å²) < 4.78 is 10.9. The van der Waals surface area contributed by atoms with E-state index in [1.165, 1.54) is 16.7 Å². The second-order valence-electron chi connectivity index (χ2n) is 5.98. The fourth-order valence-corrected chi connectivity index (χ4v) is 2.59. The molecule has 0 N–H and O–H groups in total. The zero-order chi connectivity index (χ0) is 18.1. The number of hydrogen-bond acceptors (Lipinski definition) is 3. The van der Waals surface area contributed by atoms with E-state index in [-0.39, 0.29) is 5.97 Å². The van der Waals surface area contributed by atoms with Gasteiger partial charge in [-0.3, -0.25) is 4.79 Å². The molecular formula is C22H26O3. The summed E-state index contributed by atoms with van der Waals surface area (Å²) in [6.07, 6.45) is 5.08. The number of hydrogen-bond donors (Lipinski definition) is 0. The third-order valence-electron chi connectivity index (χ3n) is 4.02. The van der Waals surface area contributed by atoms with Crippen LogP contribution in [0.4, 0.5) is 0 Å². The molecule has 25 heavy (non-hydrogen) atoms. The van der Waals surface area contributed by atoms with Crippen molar-refractivity contribution in [2.45, 2.75) is 40.2 Å². The van der Waals surface area contributed by atoms with E-state index in [9.17, 15) is 4.79 Å². The van der Waals surface area contributed by atoms with Crippen LogP contribution in [-0.4, -0.2) is 12.6 Å². The zero-order valence-corrected chi connectivity index (χ0v) is 15.2. The molecule has 0 saturated carbocycles. The largest absolute Gasteiger partial charge is 0.489 e. The molecular weight excluding hydrogens is 312 g/mol. The Morgan fingerprint density at radius 1 is 1.08 bits per heavy atom. The van der Waals surface area contributed by atoms with Gasteiger partial charge in [0.15, 0.2) is 0 Å². The lowest BCUT2D eigenvalue weighted by molar-refractivity contribution is -0.142. The zero-order valence-electron chi connectivity index (χ0n) is 15.2. The molecule has 0 saturated heterocycles. The van der Waals surface area contributed by atoms with Crippen molar-refractivity contribution in [3.63, 3.8) is 0 Å². The summed E-state index contributed by atoms with van der Waals surface area (Å²) in [6, 6.07) is 14.2. The predicted molar refractivity (Wildman–Crippen MR) is 102 cm³/mol. The Morgan fingerprint density at radius 2 is 1.80 bits per heavy atom. The van der Waals surface area contributed by atoms with Crippen LogP contribution in [-0.2, 0) is 16.1 Å². The molecule has 2 aromatic carbocycles. The van der Waals surface area contributed by atoms with Gasteiger partial charge < -0.3 is 9.47 Å². The highest BCUT2D eigenvalue weighted by Gasteiger charge is 2.03. The van der Waals surface area contributed by atoms with Gasteiger partial charge in [-0.25, -0.2) is 0 Å². The van der Waals surface area contributed by atoms with Crippen LogP contribution < -0.4 is 4.74 Å². The molecule has 132 valence electrons. The van der Waals surface area contributed by atoms with Crippen molar-refractivity contribution >= 4 is 12.0 Å². The number of esters is 1. The Morgan fingerprint density at radius 3 is 2.52 bits per heavy atom. The van der Waals surface area contributed by atoms with Crippen LogP contribution in [0.2, 0.25) is 0 Å². The molecule has 0 aliphatic heterocycles. The minimum atomic E-state index is -0.155. The second kappa shape index (κ2) is 9.67. The van der Waals surface area contributed by atoms with Gasteiger partial charge in [-0.2, -0.15) is 0 Å². The van der Waals surface area contributed by atoms with Crippen LogP contribution in [0.25, 0.3) is 6.08 Å². The normalized spacial score (nSPS) is 10.8. The van der Waals surface area contributed by atoms with E-state index in [1.807, 2.05) is 43.3 Å². The van der Waals surface area contributed by atoms with E-state index in [0.29, 0.717) is 26.1 Å². The average molecular weight is 338 g/mol. The third kappa shape index (κ3) is 6.11. The van der Waals surface area contributed by atoms with Gasteiger partial charge in [0.05, 0.1) is 6.61 Å². The van der Waals surface area contributed by atoms with Gasteiger partial charge in [0, 0.05) is 6.42 Å². The molecule has 0 unspecified atom stereocenters. The van der Waals surface area contributed by atoms with Crippen molar-refractivity contribution in [2.24, 2.45) is 0 Å². The number of carbonyl (C=O) groups is 1. The average Bonchev–Trinajstić information content (AvgIpc) is 2.59. The topological polar surface area (TPSA) is 35.5 Å². The summed E-state index contributed by atoms with van der Waals surface area (Å²) in [5.74, 6) is 0.688. The molecule has 3 heteroatoms. The second-order valence-corrected chi connectivity index (χ2v) is 5.98. The molecule has 0 radical (unpaired) electrons. The quantitative estimate of drug-likeness (QED) is 0.618. The van der Waals surface area contributed by atoms with E-state index in [0.717, 1.165) is 11.3 Å². The molecule has 0 aliphatic carbocycles. The maximum Gasteiger partial charge on any atom is 0.306 e. The Bertz CT molecular complexity index is 712. The van der Waals surface area contributed by atoms with E-state index in [4.69, 9.17) is 9.47 Å². The first-order chi connectivity index (χ1) is 12.1. The van der Waals surface area contributed by atoms with Gasteiger partial charge in [-0.15, -0.1) is 0 Å². The lowest BCUT2D eigenvalue weighted by atomic mass is 10.0. The van der Waals surface area contributed by atoms with Gasteiger partial charge in [0.2, 0.25) is 0 Å². The minimum Gasteiger partial charge on any atom is -0.489 e. The molecule has 2 rings (SSSR count). The maximum absolute atomic E-state index is 11.3. The predicted octanol–water partition coefficient (Wildman–Crippen LogP) is 5.24. The van der Waals surface area contributed by atoms with Crippen LogP contribution in [0.1, 0.15) is 42.0 Å². The number of allylic oxidation sites excluding steroid dienone is 1. The Balaban J connectivity index is 1.91. The fourth-order valence-electron chi connectivity index (χ4n) is 2.59. The molecule has 2 aromatic rings. The van der Waals surface area contributed by atoms with E-state index in [1.54, 1.807) is 0 Å². The summed E-state index contributed by atoms with van der Waals surface area (Å²) in [5, 5.41) is 0. The first-order valence-corrected chi connectivity index (χ1v) is 8.70. The van der Waals surface area contributed by atoms with Gasteiger partial charge in [-0.1, -0.05) is 42.5 Å². The number of carbonyl (C=O) groups excluding carboxylic acids is 1. The summed E-state index contributed by atoms with van der Waals surface area (Å²) in [5.41, 5.74) is 4.78. The molecule has 0 fully saturated rings. The highest BCUT2D eigenvalue weighted by molar-refractivity contribution is 5.69. The number of ether oxygens (including phenoxy) is 2. The minimum absolute atomic E-state index is 0.155. The lowest BCUT2D eigenvalue weighted by Crippen LogP contribution is -2.02. The molecule has 3 nitrogen and oxygen atoms in total. The SMILES string of the molecule is CCOC(=O)CC/C=C/c1cccc(OCc2c(C)cccc2C)c1. The van der Waals surface area contributed by atoms with Gasteiger partial charge in [0.1, 0.15) is 12.4 Å². The van der Waals surface area contributed by atoms with Crippen LogP contribution in [0.15, 0.2) is 48.5 Å². The Hall–Kier alpha value is -2.55. The standard InChI is InChI=1S/C22H26O3/c1-4-24-22(23)14-6-5-11-19-12-8-13-20(15-19)25-16-21-17(2)9-7-10-18(21)3/h5,7-13,15H,4,6,14,16H2,1-3H3/b11-5+. The first kappa shape index (κ1) is 18.8. The van der Waals surface area contributed by atoms with Gasteiger partial charge in [0.25, 0.3) is 0 Å². The van der Waals surface area contributed by atoms with Crippen molar-refractivity contribution in [1.82, 2.24) is 0 Å². The maximum atomic E-state index is 11.3. The molecule has 0 amide bonds. The van der Waals surface area contributed by atoms with Crippen LogP contribution >= 0.6 is 0 Å². The van der Waals surface area contributed by atoms with E-state index >= 15 is 0 Å². The molecule has 0 heterocycles. The number of benzene rings is 2. The first-order valence-electron chi connectivity index (χ1n) is 8.70. The van der Waals surface area contributed by atoms with Crippen molar-refractivity contribution in [3.8, 4) is 5.75 Å². The molecule has 0 spiro atoms. The van der Waals surface area contributed by atoms with Crippen molar-refractivity contribution < 1.29 is 14.3 Å². The lowest BCUT2D eigenvalue weighted by Gasteiger charge is -2.11. The Kier molecular flexibility index (Phi) is 7.27. The summed E-state index contributed by atoms with van der Waals surface area (Å²) in [7, 11) is 0. The smallest absolute Gasteiger partial charge is 0.306 e. The van der Waals surface area contributed by atoms with E-state index in [2.05, 4.69) is 32.0 Å². The Labute approximate surface area is 150 Å². The van der Waals surface area contributed by atoms with Crippen LogP contribution in [0, 0.1) is 13.8 Å². The number of rotatable bonds is 8. The molecule has 0 aromatic heterocycles. The highest BCUT2D eigenvalue weighted by Crippen LogP contribution is 2.19. The monoisotopic (exact) mass is 338 g/mol. The number of aryl methyl sites for hydroxylation is 2. The highest BCUT2D eigenvalue weighted by atomic mass is 16.5. The van der Waals surface area contributed by atoms with Crippen molar-refractivity contribution in [1.29, 1.82) is 0 Å². The van der Waals surface area contributed by atoms with Crippen LogP contribution in [0.3, 0.4) is 0 Å².